The van der Waals surface area contributed by atoms with Crippen molar-refractivity contribution in [3.8, 4) is 0 Å². The smallest absolute Gasteiger partial charge is 0.351 e. The summed E-state index contributed by atoms with van der Waals surface area (Å²) in [6.07, 6.45) is -2.59. The number of alkyl halides is 4. The molecule has 0 saturated carbocycles. The Balaban J connectivity index is 2.32. The van der Waals surface area contributed by atoms with Crippen molar-refractivity contribution >= 4 is 33.3 Å². The summed E-state index contributed by atoms with van der Waals surface area (Å²) in [6, 6.07) is 1.15. The van der Waals surface area contributed by atoms with Gasteiger partial charge >= 0.3 is 6.18 Å². The van der Waals surface area contributed by atoms with Crippen molar-refractivity contribution in [2.24, 2.45) is 5.92 Å². The molecule has 1 aromatic rings. The predicted molar refractivity (Wildman–Crippen MR) is 73.0 cm³/mol. The third-order valence-electron chi connectivity index (χ3n) is 3.46. The molecule has 19 heavy (non-hydrogen) atoms. The first-order valence-corrected chi connectivity index (χ1v) is 7.40. The minimum atomic E-state index is -4.41. The monoisotopic (exact) mass is 356 g/mol. The van der Waals surface area contributed by atoms with Crippen LogP contribution >= 0.6 is 27.5 Å². The van der Waals surface area contributed by atoms with E-state index in [1.54, 1.807) is 0 Å². The van der Waals surface area contributed by atoms with Gasteiger partial charge in [-0.3, -0.25) is 0 Å². The number of rotatable bonds is 2. The van der Waals surface area contributed by atoms with Crippen LogP contribution in [0.4, 0.5) is 19.0 Å². The highest BCUT2D eigenvalue weighted by molar-refractivity contribution is 9.09. The van der Waals surface area contributed by atoms with Crippen LogP contribution in [0.5, 0.6) is 0 Å². The van der Waals surface area contributed by atoms with E-state index in [9.17, 15) is 13.2 Å². The van der Waals surface area contributed by atoms with Gasteiger partial charge in [0.1, 0.15) is 5.82 Å². The topological polar surface area (TPSA) is 16.1 Å². The molecule has 1 aliphatic rings. The molecule has 7 heteroatoms. The average molecular weight is 358 g/mol. The molecule has 0 radical (unpaired) electrons. The van der Waals surface area contributed by atoms with E-state index in [-0.39, 0.29) is 11.1 Å². The zero-order valence-electron chi connectivity index (χ0n) is 10.2. The van der Waals surface area contributed by atoms with Gasteiger partial charge in [-0.15, -0.1) is 0 Å². The fourth-order valence-corrected chi connectivity index (χ4v) is 3.57. The first-order chi connectivity index (χ1) is 8.84. The normalized spacial score (nSPS) is 24.0. The van der Waals surface area contributed by atoms with Gasteiger partial charge in [-0.25, -0.2) is 4.98 Å². The Labute approximate surface area is 123 Å². The molecule has 1 aliphatic heterocycles. The van der Waals surface area contributed by atoms with Gasteiger partial charge in [0, 0.05) is 24.1 Å². The molecule has 2 atom stereocenters. The summed E-state index contributed by atoms with van der Waals surface area (Å²) in [7, 11) is 0. The zero-order chi connectivity index (χ0) is 14.2. The molecule has 2 rings (SSSR count). The van der Waals surface area contributed by atoms with Crippen LogP contribution in [-0.2, 0) is 6.18 Å². The lowest BCUT2D eigenvalue weighted by molar-refractivity contribution is -0.137. The summed E-state index contributed by atoms with van der Waals surface area (Å²) in [4.78, 5) is 5.89. The summed E-state index contributed by atoms with van der Waals surface area (Å²) in [5.41, 5.74) is -0.816. The number of aromatic nitrogens is 1. The van der Waals surface area contributed by atoms with Gasteiger partial charge in [0.05, 0.1) is 10.6 Å². The number of nitrogens with zero attached hydrogens (tertiary/aromatic N) is 2. The van der Waals surface area contributed by atoms with Crippen molar-refractivity contribution in [3.05, 3.63) is 22.8 Å². The number of hydrogen-bond donors (Lipinski definition) is 0. The summed E-state index contributed by atoms with van der Waals surface area (Å²) in [5.74, 6) is 0.892. The predicted octanol–water partition coefficient (Wildman–Crippen LogP) is 4.36. The summed E-state index contributed by atoms with van der Waals surface area (Å²) >= 11 is 9.40. The maximum atomic E-state index is 12.6. The fraction of sp³-hybridized carbons (Fsp3) is 0.583. The number of pyridine rings is 1. The van der Waals surface area contributed by atoms with E-state index in [0.29, 0.717) is 11.7 Å². The van der Waals surface area contributed by atoms with E-state index >= 15 is 0 Å². The van der Waals surface area contributed by atoms with Gasteiger partial charge in [0.15, 0.2) is 0 Å². The van der Waals surface area contributed by atoms with Crippen LogP contribution in [0.15, 0.2) is 12.3 Å². The lowest BCUT2D eigenvalue weighted by Gasteiger charge is -2.27. The number of hydrogen-bond acceptors (Lipinski definition) is 2. The highest BCUT2D eigenvalue weighted by Crippen LogP contribution is 2.37. The Morgan fingerprint density at radius 1 is 1.53 bits per heavy atom. The minimum absolute atomic E-state index is 0.0508. The van der Waals surface area contributed by atoms with Crippen LogP contribution in [0.25, 0.3) is 0 Å². The molecule has 1 saturated heterocycles. The van der Waals surface area contributed by atoms with Crippen molar-refractivity contribution in [1.29, 1.82) is 0 Å². The Kier molecular flexibility index (Phi) is 4.30. The highest BCUT2D eigenvalue weighted by atomic mass is 79.9. The third-order valence-corrected chi connectivity index (χ3v) is 4.40. The molecule has 1 aromatic heterocycles. The Morgan fingerprint density at radius 2 is 2.21 bits per heavy atom. The Bertz CT molecular complexity index is 467. The quantitative estimate of drug-likeness (QED) is 0.731. The van der Waals surface area contributed by atoms with E-state index < -0.39 is 11.7 Å². The van der Waals surface area contributed by atoms with Crippen molar-refractivity contribution in [2.45, 2.75) is 25.6 Å². The molecular weight excluding hydrogens is 344 g/mol. The second-order valence-electron chi connectivity index (χ2n) is 4.71. The van der Waals surface area contributed by atoms with E-state index in [0.717, 1.165) is 30.6 Å². The van der Waals surface area contributed by atoms with Gasteiger partial charge in [-0.1, -0.05) is 34.5 Å². The average Bonchev–Trinajstić information content (AvgIpc) is 2.69. The van der Waals surface area contributed by atoms with Gasteiger partial charge in [-0.2, -0.15) is 13.2 Å². The maximum absolute atomic E-state index is 12.6. The standard InChI is InChI=1S/C12H13BrClF3N2/c1-7-2-3-19(10(7)5-13)11-9(14)4-8(6-18-11)12(15,16)17/h4,6-7,10H,2-3,5H2,1H3. The lowest BCUT2D eigenvalue weighted by Crippen LogP contribution is -2.34. The Morgan fingerprint density at radius 3 is 2.74 bits per heavy atom. The second kappa shape index (κ2) is 5.48. The first kappa shape index (κ1) is 14.9. The summed E-state index contributed by atoms with van der Waals surface area (Å²) < 4.78 is 37.7. The molecule has 0 aliphatic carbocycles. The van der Waals surface area contributed by atoms with Gasteiger partial charge in [0.2, 0.25) is 0 Å². The van der Waals surface area contributed by atoms with E-state index in [2.05, 4.69) is 27.8 Å². The second-order valence-corrected chi connectivity index (χ2v) is 5.76. The summed E-state index contributed by atoms with van der Waals surface area (Å²) in [6.45, 7) is 2.87. The Hall–Kier alpha value is -0.490. The molecule has 0 N–H and O–H groups in total. The SMILES string of the molecule is CC1CCN(c2ncc(C(F)(F)F)cc2Cl)C1CBr. The zero-order valence-corrected chi connectivity index (χ0v) is 12.6. The first-order valence-electron chi connectivity index (χ1n) is 5.90. The third kappa shape index (κ3) is 2.99. The van der Waals surface area contributed by atoms with Crippen LogP contribution in [0.2, 0.25) is 5.02 Å². The summed E-state index contributed by atoms with van der Waals surface area (Å²) in [5, 5.41) is 0.794. The molecule has 2 unspecified atom stereocenters. The highest BCUT2D eigenvalue weighted by Gasteiger charge is 2.35. The molecule has 2 heterocycles. The number of anilines is 1. The van der Waals surface area contributed by atoms with Crippen LogP contribution in [0.3, 0.4) is 0 Å². The minimum Gasteiger partial charge on any atom is -0.351 e. The van der Waals surface area contributed by atoms with Gasteiger partial charge in [0.25, 0.3) is 0 Å². The van der Waals surface area contributed by atoms with Gasteiger partial charge < -0.3 is 4.90 Å². The maximum Gasteiger partial charge on any atom is 0.417 e. The van der Waals surface area contributed by atoms with Crippen LogP contribution in [0, 0.1) is 5.92 Å². The van der Waals surface area contributed by atoms with Crippen molar-refractivity contribution in [2.75, 3.05) is 16.8 Å². The van der Waals surface area contributed by atoms with Crippen molar-refractivity contribution in [3.63, 3.8) is 0 Å². The van der Waals surface area contributed by atoms with Crippen LogP contribution in [-0.4, -0.2) is 22.9 Å². The van der Waals surface area contributed by atoms with Crippen LogP contribution < -0.4 is 4.90 Å². The molecule has 1 fully saturated rings. The van der Waals surface area contributed by atoms with E-state index in [4.69, 9.17) is 11.6 Å². The molecule has 2 nitrogen and oxygen atoms in total. The molecule has 106 valence electrons. The largest absolute Gasteiger partial charge is 0.417 e. The van der Waals surface area contributed by atoms with Crippen molar-refractivity contribution in [1.82, 2.24) is 4.98 Å². The van der Waals surface area contributed by atoms with E-state index in [1.807, 2.05) is 4.90 Å². The van der Waals surface area contributed by atoms with Gasteiger partial charge in [-0.05, 0) is 18.4 Å². The molecule has 0 amide bonds. The lowest BCUT2D eigenvalue weighted by atomic mass is 10.1. The number of halogens is 5. The van der Waals surface area contributed by atoms with E-state index in [1.165, 1.54) is 0 Å². The van der Waals surface area contributed by atoms with Crippen molar-refractivity contribution < 1.29 is 13.2 Å². The molecule has 0 bridgehead atoms. The molecular formula is C12H13BrClF3N2. The molecule has 0 spiro atoms. The fourth-order valence-electron chi connectivity index (χ4n) is 2.30. The van der Waals surface area contributed by atoms with Crippen LogP contribution in [0.1, 0.15) is 18.9 Å². The molecule has 0 aromatic carbocycles.